The standard InChI is InChI=1S/C29H50O/c1-20(22(3)19-30)10-11-21(2)24-14-17-29(6)26-13-12-23-9-7-8-16-27(23,4)25(26)15-18-28(24,29)5/h20-24,30H,7-19H2,1-6H3/t20-,21+,22?,23+,24+,27-,28+,29-/m0/s1. The Morgan fingerprint density at radius 1 is 0.833 bits per heavy atom. The molecular formula is C29H50O. The number of aliphatic hydroxyl groups is 1. The van der Waals surface area contributed by atoms with Gasteiger partial charge in [0.1, 0.15) is 0 Å². The number of allylic oxidation sites excluding steroid dienone is 2. The highest BCUT2D eigenvalue weighted by Crippen LogP contribution is 2.71. The molecule has 0 aliphatic heterocycles. The molecule has 2 saturated carbocycles. The lowest BCUT2D eigenvalue weighted by atomic mass is 9.46. The van der Waals surface area contributed by atoms with Crippen molar-refractivity contribution in [2.24, 2.45) is 45.8 Å². The fourth-order valence-corrected chi connectivity index (χ4v) is 9.03. The van der Waals surface area contributed by atoms with E-state index in [0.29, 0.717) is 34.7 Å². The average molecular weight is 415 g/mol. The minimum atomic E-state index is 0.339. The van der Waals surface area contributed by atoms with Crippen molar-refractivity contribution in [3.8, 4) is 0 Å². The summed E-state index contributed by atoms with van der Waals surface area (Å²) in [6, 6.07) is 0. The van der Waals surface area contributed by atoms with E-state index in [-0.39, 0.29) is 0 Å². The SMILES string of the molecule is CC(CO)[C@@H](C)CC[C@@H](C)[C@H]1CC[C@@]2(C)C3=C(CC[C@]12C)[C@@]1(C)CCCC[C@@H]1CC3. The molecule has 30 heavy (non-hydrogen) atoms. The smallest absolute Gasteiger partial charge is 0.0459 e. The molecule has 4 rings (SSSR count). The van der Waals surface area contributed by atoms with Crippen LogP contribution in [0.1, 0.15) is 119 Å². The minimum absolute atomic E-state index is 0.339. The summed E-state index contributed by atoms with van der Waals surface area (Å²) in [5.74, 6) is 3.75. The Bertz CT molecular complexity index is 663. The van der Waals surface area contributed by atoms with Crippen LogP contribution in [-0.4, -0.2) is 11.7 Å². The maximum absolute atomic E-state index is 9.52. The third kappa shape index (κ3) is 3.36. The molecule has 0 radical (unpaired) electrons. The van der Waals surface area contributed by atoms with Crippen LogP contribution >= 0.6 is 0 Å². The molecule has 8 atom stereocenters. The monoisotopic (exact) mass is 414 g/mol. The zero-order chi connectivity index (χ0) is 21.7. The van der Waals surface area contributed by atoms with Crippen LogP contribution < -0.4 is 0 Å². The van der Waals surface area contributed by atoms with Crippen LogP contribution in [0.4, 0.5) is 0 Å². The van der Waals surface area contributed by atoms with Gasteiger partial charge < -0.3 is 5.11 Å². The first-order valence-corrected chi connectivity index (χ1v) is 13.5. The summed E-state index contributed by atoms with van der Waals surface area (Å²) in [4.78, 5) is 0. The summed E-state index contributed by atoms with van der Waals surface area (Å²) in [5.41, 5.74) is 5.39. The molecule has 0 aromatic heterocycles. The van der Waals surface area contributed by atoms with Crippen molar-refractivity contribution in [2.75, 3.05) is 6.61 Å². The second-order valence-corrected chi connectivity index (χ2v) is 12.9. The molecule has 1 unspecified atom stereocenters. The fourth-order valence-electron chi connectivity index (χ4n) is 9.03. The van der Waals surface area contributed by atoms with Crippen LogP contribution in [0.5, 0.6) is 0 Å². The van der Waals surface area contributed by atoms with E-state index in [1.807, 2.05) is 11.1 Å². The van der Waals surface area contributed by atoms with Gasteiger partial charge in [-0.2, -0.15) is 0 Å². The van der Waals surface area contributed by atoms with Crippen molar-refractivity contribution in [2.45, 2.75) is 119 Å². The van der Waals surface area contributed by atoms with E-state index < -0.39 is 0 Å². The first-order chi connectivity index (χ1) is 14.2. The average Bonchev–Trinajstić information content (AvgIpc) is 3.02. The summed E-state index contributed by atoms with van der Waals surface area (Å²) < 4.78 is 0. The number of hydrogen-bond acceptors (Lipinski definition) is 1. The lowest BCUT2D eigenvalue weighted by Crippen LogP contribution is -2.48. The topological polar surface area (TPSA) is 20.2 Å². The quantitative estimate of drug-likeness (QED) is 0.434. The third-order valence-electron chi connectivity index (χ3n) is 11.8. The Labute approximate surface area is 187 Å². The van der Waals surface area contributed by atoms with Crippen molar-refractivity contribution in [3.05, 3.63) is 11.1 Å². The Kier molecular flexibility index (Phi) is 6.28. The second kappa shape index (κ2) is 8.24. The van der Waals surface area contributed by atoms with Crippen molar-refractivity contribution >= 4 is 0 Å². The predicted molar refractivity (Wildman–Crippen MR) is 128 cm³/mol. The first kappa shape index (κ1) is 22.9. The summed E-state index contributed by atoms with van der Waals surface area (Å²) in [5, 5.41) is 9.52. The maximum atomic E-state index is 9.52. The van der Waals surface area contributed by atoms with Crippen LogP contribution in [0.3, 0.4) is 0 Å². The molecule has 1 nitrogen and oxygen atoms in total. The normalized spacial score (nSPS) is 44.1. The van der Waals surface area contributed by atoms with Crippen molar-refractivity contribution in [1.82, 2.24) is 0 Å². The van der Waals surface area contributed by atoms with Gasteiger partial charge in [-0.15, -0.1) is 0 Å². The molecule has 172 valence electrons. The molecule has 1 N–H and O–H groups in total. The highest BCUT2D eigenvalue weighted by Gasteiger charge is 2.61. The van der Waals surface area contributed by atoms with E-state index in [1.54, 1.807) is 0 Å². The predicted octanol–water partition coefficient (Wildman–Crippen LogP) is 8.17. The van der Waals surface area contributed by atoms with Gasteiger partial charge in [0, 0.05) is 6.61 Å². The minimum Gasteiger partial charge on any atom is -0.396 e. The molecule has 0 aromatic carbocycles. The second-order valence-electron chi connectivity index (χ2n) is 12.9. The van der Waals surface area contributed by atoms with E-state index >= 15 is 0 Å². The molecule has 2 fully saturated rings. The van der Waals surface area contributed by atoms with Gasteiger partial charge in [0.25, 0.3) is 0 Å². The molecule has 4 aliphatic carbocycles. The molecule has 0 spiro atoms. The molecular weight excluding hydrogens is 364 g/mol. The van der Waals surface area contributed by atoms with Crippen LogP contribution in [0.2, 0.25) is 0 Å². The first-order valence-electron chi connectivity index (χ1n) is 13.5. The Morgan fingerprint density at radius 2 is 1.60 bits per heavy atom. The van der Waals surface area contributed by atoms with Gasteiger partial charge in [0.15, 0.2) is 0 Å². The van der Waals surface area contributed by atoms with Crippen molar-refractivity contribution in [3.63, 3.8) is 0 Å². The number of fused-ring (bicyclic) bond motifs is 4. The highest BCUT2D eigenvalue weighted by molar-refractivity contribution is 5.37. The van der Waals surface area contributed by atoms with E-state index in [4.69, 9.17) is 0 Å². The molecule has 0 heterocycles. The Hall–Kier alpha value is -0.300. The van der Waals surface area contributed by atoms with E-state index in [1.165, 1.54) is 77.0 Å². The number of rotatable bonds is 6. The molecule has 0 saturated heterocycles. The van der Waals surface area contributed by atoms with Gasteiger partial charge in [0.2, 0.25) is 0 Å². The van der Waals surface area contributed by atoms with Crippen molar-refractivity contribution in [1.29, 1.82) is 0 Å². The van der Waals surface area contributed by atoms with Crippen LogP contribution in [-0.2, 0) is 0 Å². The lowest BCUT2D eigenvalue weighted by molar-refractivity contribution is 0.0181. The zero-order valence-electron chi connectivity index (χ0n) is 21.0. The van der Waals surface area contributed by atoms with E-state index in [2.05, 4.69) is 41.5 Å². The highest BCUT2D eigenvalue weighted by atomic mass is 16.3. The summed E-state index contributed by atoms with van der Waals surface area (Å²) in [7, 11) is 0. The Morgan fingerprint density at radius 3 is 2.33 bits per heavy atom. The molecule has 0 aromatic rings. The molecule has 0 bridgehead atoms. The molecule has 0 amide bonds. The summed E-state index contributed by atoms with van der Waals surface area (Å²) >= 11 is 0. The van der Waals surface area contributed by atoms with Gasteiger partial charge in [0.05, 0.1) is 0 Å². The number of hydrogen-bond donors (Lipinski definition) is 1. The van der Waals surface area contributed by atoms with E-state index in [0.717, 1.165) is 17.8 Å². The fraction of sp³-hybridized carbons (Fsp3) is 0.931. The van der Waals surface area contributed by atoms with Crippen LogP contribution in [0.25, 0.3) is 0 Å². The van der Waals surface area contributed by atoms with Gasteiger partial charge in [-0.3, -0.25) is 0 Å². The number of aliphatic hydroxyl groups excluding tert-OH is 1. The van der Waals surface area contributed by atoms with Gasteiger partial charge in [-0.25, -0.2) is 0 Å². The van der Waals surface area contributed by atoms with Crippen LogP contribution in [0.15, 0.2) is 11.1 Å². The van der Waals surface area contributed by atoms with Gasteiger partial charge in [-0.05, 0) is 97.2 Å². The van der Waals surface area contributed by atoms with Gasteiger partial charge >= 0.3 is 0 Å². The summed E-state index contributed by atoms with van der Waals surface area (Å²) in [6.07, 6.45) is 17.1. The molecule has 4 aliphatic rings. The maximum Gasteiger partial charge on any atom is 0.0459 e. The lowest BCUT2D eigenvalue weighted by Gasteiger charge is -2.58. The zero-order valence-corrected chi connectivity index (χ0v) is 21.0. The third-order valence-corrected chi connectivity index (χ3v) is 11.8. The summed E-state index contributed by atoms with van der Waals surface area (Å²) in [6.45, 7) is 15.5. The largest absolute Gasteiger partial charge is 0.396 e. The van der Waals surface area contributed by atoms with Crippen molar-refractivity contribution < 1.29 is 5.11 Å². The van der Waals surface area contributed by atoms with Crippen LogP contribution in [0, 0.1) is 45.8 Å². The molecule has 1 heteroatoms. The van der Waals surface area contributed by atoms with Gasteiger partial charge in [-0.1, -0.05) is 78.4 Å². The van der Waals surface area contributed by atoms with E-state index in [9.17, 15) is 5.11 Å². The Balaban J connectivity index is 1.55.